The molecule has 174 valence electrons. The number of nitrogens with zero attached hydrogens (tertiary/aromatic N) is 1. The quantitative estimate of drug-likeness (QED) is 0.268. The number of hydrogen-bond donors (Lipinski definition) is 0. The molecule has 2 aromatic rings. The molecule has 2 aromatic carbocycles. The fraction of sp³-hybridized carbons (Fsp3) is 0.429. The van der Waals surface area contributed by atoms with Gasteiger partial charge in [-0.25, -0.2) is 0 Å². The van der Waals surface area contributed by atoms with Crippen LogP contribution in [0.15, 0.2) is 70.5 Å². The Bertz CT molecular complexity index is 930. The van der Waals surface area contributed by atoms with Gasteiger partial charge in [-0.3, -0.25) is 4.90 Å². The lowest BCUT2D eigenvalue weighted by atomic mass is 9.98. The summed E-state index contributed by atoms with van der Waals surface area (Å²) in [6.07, 6.45) is 10.9. The molecule has 0 atom stereocenters. The van der Waals surface area contributed by atoms with E-state index in [0.29, 0.717) is 0 Å². The van der Waals surface area contributed by atoms with Crippen LogP contribution in [0.1, 0.15) is 33.3 Å². The molecule has 0 saturated carbocycles. The Hall–Kier alpha value is -1.80. The van der Waals surface area contributed by atoms with Crippen LogP contribution in [0.2, 0.25) is 0 Å². The second-order valence-corrected chi connectivity index (χ2v) is 14.0. The maximum absolute atomic E-state index is 6.26. The van der Waals surface area contributed by atoms with Crippen LogP contribution in [0.3, 0.4) is 0 Å². The SMILES string of the molecule is CCN(C/C=C/C#CC(C)(C)C)Cc1cccc(OCS(C)(C)c2ccc(SC)cc2)c1. The lowest BCUT2D eigenvalue weighted by Crippen LogP contribution is -2.22. The minimum Gasteiger partial charge on any atom is -0.484 e. The van der Waals surface area contributed by atoms with Crippen LogP contribution in [0.25, 0.3) is 0 Å². The van der Waals surface area contributed by atoms with Gasteiger partial charge in [0.2, 0.25) is 0 Å². The first-order valence-corrected chi connectivity index (χ1v) is 14.9. The van der Waals surface area contributed by atoms with E-state index in [9.17, 15) is 0 Å². The lowest BCUT2D eigenvalue weighted by Gasteiger charge is -2.31. The van der Waals surface area contributed by atoms with E-state index in [4.69, 9.17) is 4.74 Å². The topological polar surface area (TPSA) is 12.5 Å². The van der Waals surface area contributed by atoms with Gasteiger partial charge in [-0.05, 0) is 99.0 Å². The van der Waals surface area contributed by atoms with Crippen molar-refractivity contribution in [1.82, 2.24) is 4.90 Å². The zero-order chi connectivity index (χ0) is 23.6. The Labute approximate surface area is 202 Å². The van der Waals surface area contributed by atoms with E-state index in [1.54, 1.807) is 11.8 Å². The first-order chi connectivity index (χ1) is 15.1. The van der Waals surface area contributed by atoms with Gasteiger partial charge in [0, 0.05) is 23.4 Å². The van der Waals surface area contributed by atoms with Crippen molar-refractivity contribution >= 4 is 21.8 Å². The van der Waals surface area contributed by atoms with Crippen LogP contribution in [-0.2, 0) is 6.54 Å². The summed E-state index contributed by atoms with van der Waals surface area (Å²) in [4.78, 5) is 5.08. The van der Waals surface area contributed by atoms with Crippen LogP contribution < -0.4 is 4.74 Å². The van der Waals surface area contributed by atoms with Crippen molar-refractivity contribution < 1.29 is 4.74 Å². The van der Waals surface area contributed by atoms with Gasteiger partial charge >= 0.3 is 0 Å². The molecule has 32 heavy (non-hydrogen) atoms. The van der Waals surface area contributed by atoms with Gasteiger partial charge in [0.25, 0.3) is 0 Å². The predicted molar refractivity (Wildman–Crippen MR) is 145 cm³/mol. The molecular weight excluding hydrogens is 430 g/mol. The molecule has 0 N–H and O–H groups in total. The molecule has 2 nitrogen and oxygen atoms in total. The summed E-state index contributed by atoms with van der Waals surface area (Å²) in [5.74, 6) is 8.07. The molecule has 0 radical (unpaired) electrons. The highest BCUT2D eigenvalue weighted by Gasteiger charge is 2.16. The Morgan fingerprint density at radius 1 is 1.09 bits per heavy atom. The van der Waals surface area contributed by atoms with E-state index in [2.05, 4.69) is 118 Å². The van der Waals surface area contributed by atoms with Crippen molar-refractivity contribution in [2.24, 2.45) is 5.41 Å². The first-order valence-electron chi connectivity index (χ1n) is 11.1. The van der Waals surface area contributed by atoms with Crippen LogP contribution >= 0.6 is 21.8 Å². The summed E-state index contributed by atoms with van der Waals surface area (Å²) >= 11 is 1.78. The molecule has 0 spiro atoms. The van der Waals surface area contributed by atoms with E-state index in [1.807, 2.05) is 6.08 Å². The molecule has 2 rings (SSSR count). The van der Waals surface area contributed by atoms with Crippen molar-refractivity contribution in [3.8, 4) is 17.6 Å². The maximum Gasteiger partial charge on any atom is 0.122 e. The van der Waals surface area contributed by atoms with Crippen LogP contribution in [0, 0.1) is 17.3 Å². The minimum absolute atomic E-state index is 0.0452. The molecule has 0 saturated heterocycles. The van der Waals surface area contributed by atoms with E-state index in [0.717, 1.165) is 31.3 Å². The molecule has 4 heteroatoms. The van der Waals surface area contributed by atoms with Crippen molar-refractivity contribution in [2.45, 2.75) is 44.0 Å². The molecule has 0 bridgehead atoms. The second-order valence-electron chi connectivity index (χ2n) is 9.37. The number of benzene rings is 2. The monoisotopic (exact) mass is 469 g/mol. The van der Waals surface area contributed by atoms with Gasteiger partial charge < -0.3 is 4.74 Å². The highest BCUT2D eigenvalue weighted by Crippen LogP contribution is 2.49. The van der Waals surface area contributed by atoms with Crippen LogP contribution in [0.5, 0.6) is 5.75 Å². The average Bonchev–Trinajstić information content (AvgIpc) is 2.76. The zero-order valence-electron chi connectivity index (χ0n) is 20.8. The highest BCUT2D eigenvalue weighted by atomic mass is 32.3. The van der Waals surface area contributed by atoms with Gasteiger partial charge in [0.1, 0.15) is 11.7 Å². The molecule has 0 fully saturated rings. The first kappa shape index (κ1) is 26.5. The number of rotatable bonds is 10. The number of thioether (sulfide) groups is 1. The van der Waals surface area contributed by atoms with E-state index in [1.165, 1.54) is 15.4 Å². The molecule has 0 aliphatic rings. The number of allylic oxidation sites excluding steroid dienone is 1. The van der Waals surface area contributed by atoms with Crippen LogP contribution in [-0.4, -0.2) is 42.7 Å². The Morgan fingerprint density at radius 2 is 1.81 bits per heavy atom. The Kier molecular flexibility index (Phi) is 10.3. The highest BCUT2D eigenvalue weighted by molar-refractivity contribution is 8.32. The van der Waals surface area contributed by atoms with Crippen molar-refractivity contribution in [2.75, 3.05) is 37.8 Å². The van der Waals surface area contributed by atoms with Gasteiger partial charge in [-0.15, -0.1) is 11.8 Å². The average molecular weight is 470 g/mol. The molecule has 0 unspecified atom stereocenters. The molecular formula is C28H39NOS2. The summed E-state index contributed by atoms with van der Waals surface area (Å²) in [5, 5.41) is 0. The zero-order valence-corrected chi connectivity index (χ0v) is 22.4. The third kappa shape index (κ3) is 9.36. The summed E-state index contributed by atoms with van der Waals surface area (Å²) in [5.41, 5.74) is 1.32. The summed E-state index contributed by atoms with van der Waals surface area (Å²) in [6, 6.07) is 17.4. The lowest BCUT2D eigenvalue weighted by molar-refractivity contribution is 0.310. The normalized spacial score (nSPS) is 12.6. The van der Waals surface area contributed by atoms with E-state index in [-0.39, 0.29) is 5.41 Å². The van der Waals surface area contributed by atoms with Gasteiger partial charge in [-0.2, -0.15) is 10.0 Å². The second kappa shape index (κ2) is 12.4. The summed E-state index contributed by atoms with van der Waals surface area (Å²) < 4.78 is 6.26. The smallest absolute Gasteiger partial charge is 0.122 e. The van der Waals surface area contributed by atoms with Gasteiger partial charge in [0.15, 0.2) is 0 Å². The predicted octanol–water partition coefficient (Wildman–Crippen LogP) is 7.30. The van der Waals surface area contributed by atoms with Gasteiger partial charge in [0.05, 0.1) is 0 Å². The fourth-order valence-electron chi connectivity index (χ4n) is 3.04. The third-order valence-electron chi connectivity index (χ3n) is 4.98. The number of ether oxygens (including phenoxy) is 1. The van der Waals surface area contributed by atoms with Gasteiger partial charge in [-0.1, -0.05) is 37.0 Å². The minimum atomic E-state index is -1.02. The summed E-state index contributed by atoms with van der Waals surface area (Å²) in [6.45, 7) is 11.4. The third-order valence-corrected chi connectivity index (χ3v) is 7.98. The summed E-state index contributed by atoms with van der Waals surface area (Å²) in [7, 11) is -1.02. The number of likely N-dealkylation sites (N-methyl/N-ethyl adjacent to an activating group) is 1. The molecule has 0 aliphatic heterocycles. The number of hydrogen-bond acceptors (Lipinski definition) is 3. The Morgan fingerprint density at radius 3 is 2.44 bits per heavy atom. The fourth-order valence-corrected chi connectivity index (χ4v) is 4.89. The van der Waals surface area contributed by atoms with E-state index < -0.39 is 10.0 Å². The maximum atomic E-state index is 6.26. The molecule has 0 aromatic heterocycles. The molecule has 0 heterocycles. The van der Waals surface area contributed by atoms with Crippen LogP contribution in [0.4, 0.5) is 0 Å². The molecule has 0 aliphatic carbocycles. The standard InChI is InChI=1S/C28H39NOS2/c1-8-29(20-11-9-10-19-28(2,3)4)22-24-13-12-14-25(21-24)30-23-32(6,7)27-17-15-26(31-5)16-18-27/h9,11-18,21H,8,20,22-23H2,1-7H3/b11-9+. The van der Waals surface area contributed by atoms with Crippen molar-refractivity contribution in [3.63, 3.8) is 0 Å². The van der Waals surface area contributed by atoms with Crippen molar-refractivity contribution in [1.29, 1.82) is 0 Å². The molecule has 0 amide bonds. The van der Waals surface area contributed by atoms with Crippen molar-refractivity contribution in [3.05, 3.63) is 66.2 Å². The Balaban J connectivity index is 1.95. The van der Waals surface area contributed by atoms with E-state index >= 15 is 0 Å². The largest absolute Gasteiger partial charge is 0.484 e.